The van der Waals surface area contributed by atoms with Gasteiger partial charge in [-0.05, 0) is 30.7 Å². The van der Waals surface area contributed by atoms with Crippen LogP contribution in [0.5, 0.6) is 5.75 Å². The van der Waals surface area contributed by atoms with Gasteiger partial charge in [-0.2, -0.15) is 0 Å². The van der Waals surface area contributed by atoms with E-state index >= 15 is 0 Å². The minimum absolute atomic E-state index is 0.162. The molecule has 21 heavy (non-hydrogen) atoms. The molecule has 1 aliphatic heterocycles. The summed E-state index contributed by atoms with van der Waals surface area (Å²) >= 11 is 1.52. The molecule has 4 nitrogen and oxygen atoms in total. The molecule has 1 amide bonds. The minimum atomic E-state index is -0.162. The first-order chi connectivity index (χ1) is 10.0. The van der Waals surface area contributed by atoms with Crippen LogP contribution >= 0.6 is 11.3 Å². The lowest BCUT2D eigenvalue weighted by molar-refractivity contribution is 0.102. The fraction of sp³-hybridized carbons (Fsp3) is 0.375. The molecule has 1 N–H and O–H groups in total. The van der Waals surface area contributed by atoms with Crippen LogP contribution in [-0.4, -0.2) is 17.0 Å². The maximum atomic E-state index is 12.2. The normalized spacial score (nSPS) is 16.7. The van der Waals surface area contributed by atoms with Crippen LogP contribution in [0.15, 0.2) is 23.6 Å². The SMILES string of the molecule is CC1Cc2cc(NC(=O)c3csc(C(C)C)n3)ccc2O1. The molecule has 110 valence electrons. The molecule has 0 aliphatic carbocycles. The lowest BCUT2D eigenvalue weighted by Gasteiger charge is -2.05. The first-order valence-electron chi connectivity index (χ1n) is 7.09. The van der Waals surface area contributed by atoms with E-state index in [1.807, 2.05) is 30.5 Å². The van der Waals surface area contributed by atoms with Crippen molar-refractivity contribution in [2.24, 2.45) is 0 Å². The van der Waals surface area contributed by atoms with E-state index in [0.717, 1.165) is 28.4 Å². The van der Waals surface area contributed by atoms with Gasteiger partial charge in [0, 0.05) is 23.4 Å². The van der Waals surface area contributed by atoms with Crippen molar-refractivity contribution in [1.29, 1.82) is 0 Å². The lowest BCUT2D eigenvalue weighted by atomic mass is 10.1. The first kappa shape index (κ1) is 14.1. The third kappa shape index (κ3) is 2.93. The maximum absolute atomic E-state index is 12.2. The van der Waals surface area contributed by atoms with Crippen LogP contribution in [0.1, 0.15) is 47.7 Å². The highest BCUT2D eigenvalue weighted by Gasteiger charge is 2.20. The van der Waals surface area contributed by atoms with Gasteiger partial charge in [-0.25, -0.2) is 4.98 Å². The summed E-state index contributed by atoms with van der Waals surface area (Å²) in [6, 6.07) is 5.76. The fourth-order valence-corrected chi connectivity index (χ4v) is 3.17. The molecule has 0 bridgehead atoms. The zero-order valence-electron chi connectivity index (χ0n) is 12.3. The second kappa shape index (κ2) is 5.48. The number of anilines is 1. The number of amides is 1. The van der Waals surface area contributed by atoms with Crippen molar-refractivity contribution in [3.63, 3.8) is 0 Å². The van der Waals surface area contributed by atoms with Gasteiger partial charge in [0.1, 0.15) is 17.5 Å². The number of carbonyl (C=O) groups excluding carboxylic acids is 1. The number of hydrogen-bond acceptors (Lipinski definition) is 4. The molecule has 1 aliphatic rings. The van der Waals surface area contributed by atoms with Gasteiger partial charge in [0.15, 0.2) is 0 Å². The second-order valence-electron chi connectivity index (χ2n) is 5.63. The van der Waals surface area contributed by atoms with Crippen molar-refractivity contribution >= 4 is 22.9 Å². The van der Waals surface area contributed by atoms with Crippen molar-refractivity contribution in [3.8, 4) is 5.75 Å². The third-order valence-corrected chi connectivity index (χ3v) is 4.55. The zero-order valence-corrected chi connectivity index (χ0v) is 13.2. The Labute approximate surface area is 128 Å². The Morgan fingerprint density at radius 1 is 1.48 bits per heavy atom. The standard InChI is InChI=1S/C16H18N2O2S/c1-9(2)16-18-13(8-21-16)15(19)17-12-4-5-14-11(7-12)6-10(3)20-14/h4-5,7-10H,6H2,1-3H3,(H,17,19). The molecule has 3 rings (SSSR count). The first-order valence-corrected chi connectivity index (χ1v) is 7.97. The average Bonchev–Trinajstić information content (AvgIpc) is 3.03. The number of nitrogens with one attached hydrogen (secondary N) is 1. The molecule has 0 saturated carbocycles. The molecule has 0 fully saturated rings. The Morgan fingerprint density at radius 3 is 3.00 bits per heavy atom. The number of ether oxygens (including phenoxy) is 1. The van der Waals surface area contributed by atoms with Crippen molar-refractivity contribution in [2.75, 3.05) is 5.32 Å². The molecule has 1 unspecified atom stereocenters. The summed E-state index contributed by atoms with van der Waals surface area (Å²) in [6.07, 6.45) is 1.09. The quantitative estimate of drug-likeness (QED) is 0.937. The Bertz CT molecular complexity index is 679. The predicted octanol–water partition coefficient (Wildman–Crippen LogP) is 3.84. The molecule has 2 heterocycles. The molecule has 2 aromatic rings. The molecule has 0 saturated heterocycles. The summed E-state index contributed by atoms with van der Waals surface area (Å²) in [4.78, 5) is 16.6. The molecular formula is C16H18N2O2S. The van der Waals surface area contributed by atoms with Crippen molar-refractivity contribution in [3.05, 3.63) is 39.8 Å². The summed E-state index contributed by atoms with van der Waals surface area (Å²) in [7, 11) is 0. The topological polar surface area (TPSA) is 51.2 Å². The van der Waals surface area contributed by atoms with Gasteiger partial charge in [0.25, 0.3) is 5.91 Å². The molecule has 0 radical (unpaired) electrons. The highest BCUT2D eigenvalue weighted by atomic mass is 32.1. The summed E-state index contributed by atoms with van der Waals surface area (Å²) < 4.78 is 5.66. The zero-order chi connectivity index (χ0) is 15.0. The van der Waals surface area contributed by atoms with E-state index in [1.165, 1.54) is 11.3 Å². The summed E-state index contributed by atoms with van der Waals surface area (Å²) in [6.45, 7) is 6.19. The fourth-order valence-electron chi connectivity index (χ4n) is 2.35. The van der Waals surface area contributed by atoms with Crippen LogP contribution in [-0.2, 0) is 6.42 Å². The van der Waals surface area contributed by atoms with E-state index in [9.17, 15) is 4.79 Å². The predicted molar refractivity (Wildman–Crippen MR) is 84.4 cm³/mol. The maximum Gasteiger partial charge on any atom is 0.275 e. The van der Waals surface area contributed by atoms with Gasteiger partial charge in [0.2, 0.25) is 0 Å². The smallest absolute Gasteiger partial charge is 0.275 e. The van der Waals surface area contributed by atoms with Gasteiger partial charge in [-0.3, -0.25) is 4.79 Å². The molecule has 1 aromatic carbocycles. The van der Waals surface area contributed by atoms with Crippen LogP contribution in [0.4, 0.5) is 5.69 Å². The van der Waals surface area contributed by atoms with Crippen LogP contribution in [0.3, 0.4) is 0 Å². The molecule has 5 heteroatoms. The van der Waals surface area contributed by atoms with E-state index in [1.54, 1.807) is 0 Å². The number of carbonyl (C=O) groups is 1. The van der Waals surface area contributed by atoms with E-state index in [2.05, 4.69) is 24.1 Å². The molecule has 1 aromatic heterocycles. The Kier molecular flexibility index (Phi) is 3.68. The number of nitrogens with zero attached hydrogens (tertiary/aromatic N) is 1. The summed E-state index contributed by atoms with van der Waals surface area (Å²) in [5.41, 5.74) is 2.41. The van der Waals surface area contributed by atoms with Crippen molar-refractivity contribution in [1.82, 2.24) is 4.98 Å². The highest BCUT2D eigenvalue weighted by Crippen LogP contribution is 2.31. The number of rotatable bonds is 3. The monoisotopic (exact) mass is 302 g/mol. The second-order valence-corrected chi connectivity index (χ2v) is 6.52. The number of benzene rings is 1. The van der Waals surface area contributed by atoms with Crippen LogP contribution < -0.4 is 10.1 Å². The van der Waals surface area contributed by atoms with E-state index in [0.29, 0.717) is 11.6 Å². The number of hydrogen-bond donors (Lipinski definition) is 1. The minimum Gasteiger partial charge on any atom is -0.490 e. The summed E-state index contributed by atoms with van der Waals surface area (Å²) in [5.74, 6) is 1.09. The lowest BCUT2D eigenvalue weighted by Crippen LogP contribution is -2.12. The van der Waals surface area contributed by atoms with Gasteiger partial charge >= 0.3 is 0 Å². The Hall–Kier alpha value is -1.88. The van der Waals surface area contributed by atoms with Gasteiger partial charge in [-0.1, -0.05) is 13.8 Å². The van der Waals surface area contributed by atoms with Crippen molar-refractivity contribution in [2.45, 2.75) is 39.2 Å². The van der Waals surface area contributed by atoms with E-state index in [-0.39, 0.29) is 12.0 Å². The molecule has 1 atom stereocenters. The van der Waals surface area contributed by atoms with Gasteiger partial charge in [0.05, 0.1) is 5.01 Å². The molecule has 0 spiro atoms. The van der Waals surface area contributed by atoms with Crippen LogP contribution in [0.25, 0.3) is 0 Å². The van der Waals surface area contributed by atoms with Crippen molar-refractivity contribution < 1.29 is 9.53 Å². The van der Waals surface area contributed by atoms with Gasteiger partial charge < -0.3 is 10.1 Å². The Morgan fingerprint density at radius 2 is 2.29 bits per heavy atom. The van der Waals surface area contributed by atoms with E-state index in [4.69, 9.17) is 4.74 Å². The van der Waals surface area contributed by atoms with Gasteiger partial charge in [-0.15, -0.1) is 11.3 Å². The number of aromatic nitrogens is 1. The summed E-state index contributed by atoms with van der Waals surface area (Å²) in [5, 5.41) is 5.70. The number of thiazole rings is 1. The number of fused-ring (bicyclic) bond motifs is 1. The van der Waals surface area contributed by atoms with E-state index < -0.39 is 0 Å². The highest BCUT2D eigenvalue weighted by molar-refractivity contribution is 7.09. The van der Waals surface area contributed by atoms with Crippen LogP contribution in [0, 0.1) is 0 Å². The average molecular weight is 302 g/mol. The van der Waals surface area contributed by atoms with Crippen LogP contribution in [0.2, 0.25) is 0 Å². The Balaban J connectivity index is 1.74. The molecular weight excluding hydrogens is 284 g/mol. The third-order valence-electron chi connectivity index (χ3n) is 3.40. The largest absolute Gasteiger partial charge is 0.490 e.